The van der Waals surface area contributed by atoms with Gasteiger partial charge in [-0.05, 0) is 61.7 Å². The van der Waals surface area contributed by atoms with Crippen LogP contribution in [0.4, 0.5) is 5.69 Å². The molecule has 2 aromatic rings. The van der Waals surface area contributed by atoms with E-state index in [2.05, 4.69) is 20.7 Å². The summed E-state index contributed by atoms with van der Waals surface area (Å²) in [4.78, 5) is 0.283. The highest BCUT2D eigenvalue weighted by molar-refractivity contribution is 9.10. The van der Waals surface area contributed by atoms with Crippen LogP contribution >= 0.6 is 15.9 Å². The quantitative estimate of drug-likeness (QED) is 0.899. The van der Waals surface area contributed by atoms with Crippen molar-refractivity contribution >= 4 is 31.6 Å². The number of aryl methyl sites for hydroxylation is 3. The van der Waals surface area contributed by atoms with E-state index < -0.39 is 10.0 Å². The van der Waals surface area contributed by atoms with Crippen LogP contribution in [0, 0.1) is 20.8 Å². The van der Waals surface area contributed by atoms with E-state index in [1.165, 1.54) is 0 Å². The van der Waals surface area contributed by atoms with Crippen LogP contribution < -0.4 is 4.72 Å². The molecule has 0 atom stereocenters. The van der Waals surface area contributed by atoms with Gasteiger partial charge in [-0.2, -0.15) is 0 Å². The van der Waals surface area contributed by atoms with Crippen molar-refractivity contribution in [2.75, 3.05) is 4.72 Å². The molecule has 5 heteroatoms. The molecular formula is C15H16BrNO2S. The van der Waals surface area contributed by atoms with Crippen LogP contribution in [0.3, 0.4) is 0 Å². The van der Waals surface area contributed by atoms with Gasteiger partial charge in [-0.1, -0.05) is 28.1 Å². The van der Waals surface area contributed by atoms with Crippen molar-refractivity contribution in [1.29, 1.82) is 0 Å². The van der Waals surface area contributed by atoms with E-state index in [9.17, 15) is 8.42 Å². The summed E-state index contributed by atoms with van der Waals surface area (Å²) >= 11 is 3.30. The summed E-state index contributed by atoms with van der Waals surface area (Å²) in [6, 6.07) is 10.7. The van der Waals surface area contributed by atoms with Crippen molar-refractivity contribution < 1.29 is 8.42 Å². The molecule has 0 unspecified atom stereocenters. The molecule has 2 aromatic carbocycles. The predicted molar refractivity (Wildman–Crippen MR) is 85.6 cm³/mol. The third-order valence-corrected chi connectivity index (χ3v) is 5.22. The van der Waals surface area contributed by atoms with E-state index in [0.717, 1.165) is 15.6 Å². The maximum absolute atomic E-state index is 12.4. The topological polar surface area (TPSA) is 46.2 Å². The Bertz CT molecular complexity index is 754. The van der Waals surface area contributed by atoms with Gasteiger partial charge >= 0.3 is 0 Å². The molecule has 3 nitrogen and oxygen atoms in total. The van der Waals surface area contributed by atoms with Crippen LogP contribution in [0.5, 0.6) is 0 Å². The average molecular weight is 354 g/mol. The lowest BCUT2D eigenvalue weighted by Gasteiger charge is -2.12. The van der Waals surface area contributed by atoms with Gasteiger partial charge in [0, 0.05) is 10.2 Å². The van der Waals surface area contributed by atoms with Gasteiger partial charge in [-0.3, -0.25) is 4.72 Å². The molecule has 2 rings (SSSR count). The minimum atomic E-state index is -3.58. The summed E-state index contributed by atoms with van der Waals surface area (Å²) in [5.41, 5.74) is 3.47. The van der Waals surface area contributed by atoms with Crippen LogP contribution in [-0.2, 0) is 10.0 Å². The smallest absolute Gasteiger partial charge is 0.262 e. The summed E-state index contributed by atoms with van der Waals surface area (Å²) in [6.45, 7) is 5.73. The lowest BCUT2D eigenvalue weighted by molar-refractivity contribution is 0.600. The molecule has 106 valence electrons. The first-order valence-corrected chi connectivity index (χ1v) is 8.43. The highest BCUT2D eigenvalue weighted by Gasteiger charge is 2.17. The van der Waals surface area contributed by atoms with E-state index in [1.54, 1.807) is 25.1 Å². The number of benzene rings is 2. The highest BCUT2D eigenvalue weighted by atomic mass is 79.9. The minimum absolute atomic E-state index is 0.283. The van der Waals surface area contributed by atoms with Crippen LogP contribution in [-0.4, -0.2) is 8.42 Å². The molecule has 0 aliphatic carbocycles. The molecular weight excluding hydrogens is 338 g/mol. The fourth-order valence-corrected chi connectivity index (χ4v) is 3.71. The Morgan fingerprint density at radius 3 is 2.20 bits per heavy atom. The van der Waals surface area contributed by atoms with Crippen molar-refractivity contribution in [3.8, 4) is 0 Å². The van der Waals surface area contributed by atoms with Crippen molar-refractivity contribution in [1.82, 2.24) is 0 Å². The zero-order valence-electron chi connectivity index (χ0n) is 11.6. The molecule has 0 aliphatic rings. The van der Waals surface area contributed by atoms with Crippen LogP contribution in [0.25, 0.3) is 0 Å². The van der Waals surface area contributed by atoms with E-state index in [4.69, 9.17) is 0 Å². The van der Waals surface area contributed by atoms with Gasteiger partial charge in [-0.15, -0.1) is 0 Å². The molecule has 0 radical (unpaired) electrons. The Morgan fingerprint density at radius 2 is 1.55 bits per heavy atom. The van der Waals surface area contributed by atoms with Crippen molar-refractivity contribution in [3.63, 3.8) is 0 Å². The molecule has 1 N–H and O–H groups in total. The first kappa shape index (κ1) is 15.1. The zero-order valence-corrected chi connectivity index (χ0v) is 14.0. The van der Waals surface area contributed by atoms with Gasteiger partial charge in [0.1, 0.15) is 0 Å². The monoisotopic (exact) mass is 353 g/mol. The third kappa shape index (κ3) is 3.22. The van der Waals surface area contributed by atoms with Crippen LogP contribution in [0.15, 0.2) is 45.8 Å². The van der Waals surface area contributed by atoms with Gasteiger partial charge in [0.05, 0.1) is 4.90 Å². The van der Waals surface area contributed by atoms with Crippen LogP contribution in [0.2, 0.25) is 0 Å². The molecule has 0 saturated carbocycles. The molecule has 0 heterocycles. The minimum Gasteiger partial charge on any atom is -0.280 e. The fourth-order valence-electron chi connectivity index (χ4n) is 1.88. The summed E-state index contributed by atoms with van der Waals surface area (Å²) in [7, 11) is -3.58. The molecule has 0 fully saturated rings. The van der Waals surface area contributed by atoms with Gasteiger partial charge in [0.2, 0.25) is 0 Å². The molecule has 0 spiro atoms. The zero-order chi connectivity index (χ0) is 14.9. The number of halogens is 1. The lowest BCUT2D eigenvalue weighted by atomic mass is 10.1. The van der Waals surface area contributed by atoms with Crippen molar-refractivity contribution in [3.05, 3.63) is 57.6 Å². The Labute approximate surface area is 128 Å². The molecule has 0 aromatic heterocycles. The fraction of sp³-hybridized carbons (Fsp3) is 0.200. The molecule has 0 bridgehead atoms. The largest absolute Gasteiger partial charge is 0.280 e. The van der Waals surface area contributed by atoms with E-state index >= 15 is 0 Å². The Morgan fingerprint density at radius 1 is 0.900 bits per heavy atom. The Balaban J connectivity index is 2.40. The van der Waals surface area contributed by atoms with Gasteiger partial charge in [-0.25, -0.2) is 8.42 Å². The SMILES string of the molecule is Cc1ccc(NS(=O)(=O)c2cc(Br)ccc2C)cc1C. The average Bonchev–Trinajstić information content (AvgIpc) is 2.36. The van der Waals surface area contributed by atoms with E-state index in [1.807, 2.05) is 32.0 Å². The molecule has 0 aliphatic heterocycles. The lowest BCUT2D eigenvalue weighted by Crippen LogP contribution is -2.14. The van der Waals surface area contributed by atoms with Gasteiger partial charge in [0.25, 0.3) is 10.0 Å². The van der Waals surface area contributed by atoms with Gasteiger partial charge in [0.15, 0.2) is 0 Å². The molecule has 20 heavy (non-hydrogen) atoms. The van der Waals surface area contributed by atoms with Crippen molar-refractivity contribution in [2.24, 2.45) is 0 Å². The maximum Gasteiger partial charge on any atom is 0.262 e. The molecule has 0 saturated heterocycles. The van der Waals surface area contributed by atoms with Gasteiger partial charge < -0.3 is 0 Å². The number of hydrogen-bond acceptors (Lipinski definition) is 2. The number of hydrogen-bond donors (Lipinski definition) is 1. The van der Waals surface area contributed by atoms with Crippen molar-refractivity contribution in [2.45, 2.75) is 25.7 Å². The normalized spacial score (nSPS) is 11.4. The number of rotatable bonds is 3. The summed E-state index contributed by atoms with van der Waals surface area (Å²) < 4.78 is 28.2. The second-order valence-electron chi connectivity index (χ2n) is 4.81. The molecule has 0 amide bonds. The summed E-state index contributed by atoms with van der Waals surface area (Å²) in [5.74, 6) is 0. The maximum atomic E-state index is 12.4. The summed E-state index contributed by atoms with van der Waals surface area (Å²) in [6.07, 6.45) is 0. The first-order chi connectivity index (χ1) is 9.29. The van der Waals surface area contributed by atoms with Crippen LogP contribution in [0.1, 0.15) is 16.7 Å². The third-order valence-electron chi connectivity index (χ3n) is 3.20. The Kier molecular flexibility index (Phi) is 4.20. The predicted octanol–water partition coefficient (Wildman–Crippen LogP) is 4.18. The highest BCUT2D eigenvalue weighted by Crippen LogP contribution is 2.24. The second-order valence-corrected chi connectivity index (χ2v) is 7.38. The number of sulfonamides is 1. The summed E-state index contributed by atoms with van der Waals surface area (Å²) in [5, 5.41) is 0. The number of nitrogens with one attached hydrogen (secondary N) is 1. The second kappa shape index (κ2) is 5.58. The number of anilines is 1. The first-order valence-electron chi connectivity index (χ1n) is 6.16. The van der Waals surface area contributed by atoms with E-state index in [0.29, 0.717) is 11.3 Å². The Hall–Kier alpha value is -1.33. The van der Waals surface area contributed by atoms with E-state index in [-0.39, 0.29) is 4.90 Å². The standard InChI is InChI=1S/C15H16BrNO2S/c1-10-5-7-14(8-12(10)3)17-20(18,19)15-9-13(16)6-4-11(15)2/h4-9,17H,1-3H3.